The third kappa shape index (κ3) is 3.96. The number of methoxy groups -OCH3 is 1. The van der Waals surface area contributed by atoms with Gasteiger partial charge in [-0.1, -0.05) is 0 Å². The SMILES string of the molecule is COCC[C@]12CCCN(C(=O)OC(C)(C)C)[C@H]1CC1(CC2)OCCO1. The first-order valence-electron chi connectivity index (χ1n) is 9.56. The van der Waals surface area contributed by atoms with E-state index in [9.17, 15) is 4.79 Å². The van der Waals surface area contributed by atoms with Crippen LogP contribution in [-0.2, 0) is 18.9 Å². The number of carbonyl (C=O) groups is 1. The molecule has 2 atom stereocenters. The fraction of sp³-hybridized carbons (Fsp3) is 0.947. The fourth-order valence-corrected chi connectivity index (χ4v) is 4.73. The summed E-state index contributed by atoms with van der Waals surface area (Å²) >= 11 is 0. The molecule has 1 aliphatic carbocycles. The van der Waals surface area contributed by atoms with Gasteiger partial charge in [0.15, 0.2) is 5.79 Å². The number of hydrogen-bond donors (Lipinski definition) is 0. The number of amides is 1. The summed E-state index contributed by atoms with van der Waals surface area (Å²) in [7, 11) is 1.74. The van der Waals surface area contributed by atoms with Crippen LogP contribution in [0.25, 0.3) is 0 Å². The Hall–Kier alpha value is -0.850. The van der Waals surface area contributed by atoms with Crippen molar-refractivity contribution >= 4 is 6.09 Å². The van der Waals surface area contributed by atoms with Gasteiger partial charge in [0, 0.05) is 39.1 Å². The standard InChI is InChI=1S/C19H33NO5/c1-17(2,3)25-16(21)20-10-5-6-18(9-11-22-4)7-8-19(14-15(18)20)23-12-13-24-19/h15H,5-14H2,1-4H3/t15-,18+/m0/s1. The van der Waals surface area contributed by atoms with Crippen LogP contribution in [0.1, 0.15) is 59.3 Å². The summed E-state index contributed by atoms with van der Waals surface area (Å²) in [5.41, 5.74) is -0.415. The maximum Gasteiger partial charge on any atom is 0.410 e. The van der Waals surface area contributed by atoms with Crippen molar-refractivity contribution in [2.24, 2.45) is 5.41 Å². The van der Waals surface area contributed by atoms with Gasteiger partial charge in [0.2, 0.25) is 0 Å². The van der Waals surface area contributed by atoms with Crippen molar-refractivity contribution < 1.29 is 23.7 Å². The van der Waals surface area contributed by atoms with Crippen LogP contribution in [-0.4, -0.2) is 61.9 Å². The van der Waals surface area contributed by atoms with Crippen molar-refractivity contribution in [3.05, 3.63) is 0 Å². The molecule has 0 aromatic rings. The molecule has 0 aromatic carbocycles. The highest BCUT2D eigenvalue weighted by Gasteiger charge is 2.56. The molecule has 1 amide bonds. The lowest BCUT2D eigenvalue weighted by Gasteiger charge is -2.55. The molecule has 0 bridgehead atoms. The molecule has 6 heteroatoms. The predicted octanol–water partition coefficient (Wildman–Crippen LogP) is 3.34. The predicted molar refractivity (Wildman–Crippen MR) is 93.4 cm³/mol. The van der Waals surface area contributed by atoms with Gasteiger partial charge >= 0.3 is 6.09 Å². The molecule has 0 unspecified atom stereocenters. The lowest BCUT2D eigenvalue weighted by Crippen LogP contribution is -2.61. The first-order valence-corrected chi connectivity index (χ1v) is 9.56. The first kappa shape index (κ1) is 18.9. The number of piperidine rings is 1. The topological polar surface area (TPSA) is 57.2 Å². The zero-order chi connectivity index (χ0) is 18.1. The number of ether oxygens (including phenoxy) is 4. The van der Waals surface area contributed by atoms with Crippen molar-refractivity contribution in [1.82, 2.24) is 4.90 Å². The summed E-state index contributed by atoms with van der Waals surface area (Å²) < 4.78 is 23.0. The monoisotopic (exact) mass is 355 g/mol. The Bertz CT molecular complexity index is 483. The van der Waals surface area contributed by atoms with Crippen LogP contribution in [0.5, 0.6) is 0 Å². The van der Waals surface area contributed by atoms with E-state index in [0.717, 1.165) is 45.1 Å². The molecule has 2 aliphatic heterocycles. The van der Waals surface area contributed by atoms with E-state index < -0.39 is 11.4 Å². The first-order chi connectivity index (χ1) is 11.8. The minimum atomic E-state index is -0.515. The Balaban J connectivity index is 1.84. The Labute approximate surface area is 151 Å². The quantitative estimate of drug-likeness (QED) is 0.777. The highest BCUT2D eigenvalue weighted by Crippen LogP contribution is 2.53. The Morgan fingerprint density at radius 3 is 2.56 bits per heavy atom. The van der Waals surface area contributed by atoms with Gasteiger partial charge < -0.3 is 23.8 Å². The summed E-state index contributed by atoms with van der Waals surface area (Å²) in [6.45, 7) is 8.49. The third-order valence-electron chi connectivity index (χ3n) is 5.91. The molecule has 2 saturated heterocycles. The van der Waals surface area contributed by atoms with Crippen LogP contribution >= 0.6 is 0 Å². The van der Waals surface area contributed by atoms with E-state index in [1.807, 2.05) is 25.7 Å². The number of carbonyl (C=O) groups excluding carboxylic acids is 1. The molecule has 0 aromatic heterocycles. The number of likely N-dealkylation sites (tertiary alicyclic amines) is 1. The molecule has 1 saturated carbocycles. The fourth-order valence-electron chi connectivity index (χ4n) is 4.73. The molecular formula is C19H33NO5. The molecule has 25 heavy (non-hydrogen) atoms. The molecular weight excluding hydrogens is 322 g/mol. The zero-order valence-corrected chi connectivity index (χ0v) is 16.1. The number of nitrogens with zero attached hydrogens (tertiary/aromatic N) is 1. The van der Waals surface area contributed by atoms with E-state index in [4.69, 9.17) is 18.9 Å². The molecule has 144 valence electrons. The molecule has 0 radical (unpaired) electrons. The number of fused-ring (bicyclic) bond motifs is 1. The van der Waals surface area contributed by atoms with Gasteiger partial charge in [0.1, 0.15) is 5.60 Å². The van der Waals surface area contributed by atoms with E-state index in [2.05, 4.69) is 0 Å². The maximum atomic E-state index is 12.9. The van der Waals surface area contributed by atoms with Crippen molar-refractivity contribution in [1.29, 1.82) is 0 Å². The summed E-state index contributed by atoms with van der Waals surface area (Å²) in [6, 6.07) is 0.0816. The Kier molecular flexibility index (Phi) is 5.33. The van der Waals surface area contributed by atoms with E-state index in [1.165, 1.54) is 0 Å². The van der Waals surface area contributed by atoms with Gasteiger partial charge in [-0.05, 0) is 51.9 Å². The average molecular weight is 355 g/mol. The van der Waals surface area contributed by atoms with E-state index in [1.54, 1.807) is 7.11 Å². The van der Waals surface area contributed by atoms with Crippen LogP contribution < -0.4 is 0 Å². The zero-order valence-electron chi connectivity index (χ0n) is 16.1. The van der Waals surface area contributed by atoms with Crippen LogP contribution in [0.3, 0.4) is 0 Å². The van der Waals surface area contributed by atoms with Crippen LogP contribution in [0, 0.1) is 5.41 Å². The molecule has 6 nitrogen and oxygen atoms in total. The highest BCUT2D eigenvalue weighted by molar-refractivity contribution is 5.69. The molecule has 1 spiro atoms. The lowest BCUT2D eigenvalue weighted by molar-refractivity contribution is -0.217. The average Bonchev–Trinajstić information content (AvgIpc) is 2.99. The van der Waals surface area contributed by atoms with Gasteiger partial charge in [-0.15, -0.1) is 0 Å². The number of hydrogen-bond acceptors (Lipinski definition) is 5. The largest absolute Gasteiger partial charge is 0.444 e. The van der Waals surface area contributed by atoms with E-state index in [0.29, 0.717) is 19.8 Å². The summed E-state index contributed by atoms with van der Waals surface area (Å²) in [4.78, 5) is 14.8. The van der Waals surface area contributed by atoms with Crippen molar-refractivity contribution in [2.75, 3.05) is 33.5 Å². The highest BCUT2D eigenvalue weighted by atomic mass is 16.7. The molecule has 3 rings (SSSR count). The van der Waals surface area contributed by atoms with Gasteiger partial charge in [0.05, 0.1) is 13.2 Å². The molecule has 2 heterocycles. The van der Waals surface area contributed by atoms with Crippen molar-refractivity contribution in [3.8, 4) is 0 Å². The van der Waals surface area contributed by atoms with Crippen molar-refractivity contribution in [3.63, 3.8) is 0 Å². The summed E-state index contributed by atoms with van der Waals surface area (Å²) in [6.07, 6.45) is 5.51. The summed E-state index contributed by atoms with van der Waals surface area (Å²) in [5, 5.41) is 0. The molecule has 3 aliphatic rings. The van der Waals surface area contributed by atoms with Gasteiger partial charge in [-0.25, -0.2) is 4.79 Å². The molecule has 3 fully saturated rings. The second-order valence-electron chi connectivity index (χ2n) is 8.71. The van der Waals surface area contributed by atoms with Crippen molar-refractivity contribution in [2.45, 2.75) is 76.7 Å². The Morgan fingerprint density at radius 1 is 1.20 bits per heavy atom. The van der Waals surface area contributed by atoms with Gasteiger partial charge in [-0.2, -0.15) is 0 Å². The normalized spacial score (nSPS) is 31.8. The summed E-state index contributed by atoms with van der Waals surface area (Å²) in [5.74, 6) is -0.515. The lowest BCUT2D eigenvalue weighted by atomic mass is 9.62. The minimum Gasteiger partial charge on any atom is -0.444 e. The second-order valence-corrected chi connectivity index (χ2v) is 8.71. The van der Waals surface area contributed by atoms with Crippen LogP contribution in [0.2, 0.25) is 0 Å². The smallest absolute Gasteiger partial charge is 0.410 e. The van der Waals surface area contributed by atoms with Gasteiger partial charge in [-0.3, -0.25) is 0 Å². The molecule has 0 N–H and O–H groups in total. The Morgan fingerprint density at radius 2 is 1.92 bits per heavy atom. The minimum absolute atomic E-state index is 0.0751. The second kappa shape index (κ2) is 7.05. The van der Waals surface area contributed by atoms with Crippen LogP contribution in [0.4, 0.5) is 4.79 Å². The third-order valence-corrected chi connectivity index (χ3v) is 5.91. The van der Waals surface area contributed by atoms with E-state index >= 15 is 0 Å². The number of rotatable bonds is 3. The van der Waals surface area contributed by atoms with Gasteiger partial charge in [0.25, 0.3) is 0 Å². The van der Waals surface area contributed by atoms with E-state index in [-0.39, 0.29) is 17.6 Å². The van der Waals surface area contributed by atoms with Crippen LogP contribution in [0.15, 0.2) is 0 Å². The maximum absolute atomic E-state index is 12.9.